The van der Waals surface area contributed by atoms with Crippen molar-refractivity contribution in [2.24, 2.45) is 0 Å². The summed E-state index contributed by atoms with van der Waals surface area (Å²) in [6.07, 6.45) is 1.03. The summed E-state index contributed by atoms with van der Waals surface area (Å²) in [5.41, 5.74) is -0.581. The van der Waals surface area contributed by atoms with Gasteiger partial charge in [0.05, 0.1) is 10.9 Å². The number of rotatable bonds is 6. The first-order valence-electron chi connectivity index (χ1n) is 6.42. The van der Waals surface area contributed by atoms with Crippen molar-refractivity contribution < 1.29 is 13.2 Å². The lowest BCUT2D eigenvalue weighted by molar-refractivity contribution is -0.132. The summed E-state index contributed by atoms with van der Waals surface area (Å²) in [6.45, 7) is 6.07. The molecule has 9 heteroatoms. The number of nitrogens with zero attached hydrogens (tertiary/aromatic N) is 1. The van der Waals surface area contributed by atoms with Gasteiger partial charge < -0.3 is 9.88 Å². The van der Waals surface area contributed by atoms with Gasteiger partial charge in [-0.25, -0.2) is 8.42 Å². The maximum atomic E-state index is 12.1. The van der Waals surface area contributed by atoms with E-state index in [4.69, 9.17) is 11.6 Å². The molecule has 0 saturated heterocycles. The van der Waals surface area contributed by atoms with Gasteiger partial charge in [-0.15, -0.1) is 0 Å². The lowest BCUT2D eigenvalue weighted by atomic mass is 10.3. The van der Waals surface area contributed by atoms with Crippen LogP contribution in [0.25, 0.3) is 0 Å². The van der Waals surface area contributed by atoms with Crippen LogP contribution in [0.5, 0.6) is 0 Å². The second-order valence-electron chi connectivity index (χ2n) is 4.37. The highest BCUT2D eigenvalue weighted by molar-refractivity contribution is 7.89. The minimum atomic E-state index is -3.95. The highest BCUT2D eigenvalue weighted by Gasteiger charge is 2.25. The van der Waals surface area contributed by atoms with Crippen LogP contribution >= 0.6 is 11.6 Å². The smallest absolute Gasteiger partial charge is 0.266 e. The van der Waals surface area contributed by atoms with E-state index in [-0.39, 0.29) is 15.8 Å². The largest absolute Gasteiger partial charge is 0.342 e. The summed E-state index contributed by atoms with van der Waals surface area (Å²) >= 11 is 5.60. The predicted octanol–water partition coefficient (Wildman–Crippen LogP) is 0.563. The summed E-state index contributed by atoms with van der Waals surface area (Å²) in [4.78, 5) is 26.7. The zero-order chi connectivity index (χ0) is 16.2. The minimum absolute atomic E-state index is 0.203. The van der Waals surface area contributed by atoms with Gasteiger partial charge in [0.25, 0.3) is 5.56 Å². The van der Waals surface area contributed by atoms with Crippen LogP contribution in [0.15, 0.2) is 22.0 Å². The Balaban J connectivity index is 2.97. The van der Waals surface area contributed by atoms with Gasteiger partial charge in [-0.3, -0.25) is 9.59 Å². The average molecular weight is 336 g/mol. The molecule has 0 saturated carbocycles. The number of halogens is 1. The molecule has 1 amide bonds. The van der Waals surface area contributed by atoms with Crippen LogP contribution in [-0.4, -0.2) is 43.3 Å². The third kappa shape index (κ3) is 4.29. The fourth-order valence-corrected chi connectivity index (χ4v) is 3.18. The van der Waals surface area contributed by atoms with E-state index < -0.39 is 21.6 Å². The zero-order valence-electron chi connectivity index (χ0n) is 12.0. The van der Waals surface area contributed by atoms with Crippen molar-refractivity contribution in [3.05, 3.63) is 27.6 Å². The summed E-state index contributed by atoms with van der Waals surface area (Å²) in [5.74, 6) is -0.320. The van der Waals surface area contributed by atoms with Crippen molar-refractivity contribution in [1.29, 1.82) is 0 Å². The van der Waals surface area contributed by atoms with Crippen LogP contribution in [0.2, 0.25) is 5.02 Å². The molecule has 0 aliphatic carbocycles. The van der Waals surface area contributed by atoms with Crippen LogP contribution in [0.4, 0.5) is 0 Å². The Morgan fingerprint density at radius 1 is 1.43 bits per heavy atom. The van der Waals surface area contributed by atoms with Crippen LogP contribution in [0.3, 0.4) is 0 Å². The molecule has 0 aliphatic heterocycles. The third-order valence-electron chi connectivity index (χ3n) is 2.92. The Bertz CT molecular complexity index is 667. The molecule has 1 atom stereocenters. The lowest BCUT2D eigenvalue weighted by Crippen LogP contribution is -2.46. The van der Waals surface area contributed by atoms with E-state index in [1.54, 1.807) is 0 Å². The summed E-state index contributed by atoms with van der Waals surface area (Å²) in [6, 6.07) is 0.123. The van der Waals surface area contributed by atoms with Crippen molar-refractivity contribution >= 4 is 27.5 Å². The molecule has 0 spiro atoms. The fraction of sp³-hybridized carbons (Fsp3) is 0.500. The molecule has 2 N–H and O–H groups in total. The van der Waals surface area contributed by atoms with Crippen LogP contribution in [0.1, 0.15) is 20.8 Å². The number of carbonyl (C=O) groups is 1. The Labute approximate surface area is 128 Å². The Morgan fingerprint density at radius 3 is 2.48 bits per heavy atom. The third-order valence-corrected chi connectivity index (χ3v) is 4.72. The van der Waals surface area contributed by atoms with E-state index >= 15 is 0 Å². The normalized spacial score (nSPS) is 13.0. The van der Waals surface area contributed by atoms with Crippen LogP contribution in [-0.2, 0) is 14.8 Å². The standard InChI is InChI=1S/C12H18ClN3O4S/c1-4-16(5-2)12(18)8(3)15-21(19,20)9-6-10(13)11(17)14-7-9/h6-8,15H,4-5H2,1-3H3,(H,14,17). The van der Waals surface area contributed by atoms with Crippen molar-refractivity contribution in [2.75, 3.05) is 13.1 Å². The van der Waals surface area contributed by atoms with E-state index in [0.717, 1.165) is 12.3 Å². The van der Waals surface area contributed by atoms with Crippen molar-refractivity contribution in [3.8, 4) is 0 Å². The monoisotopic (exact) mass is 335 g/mol. The minimum Gasteiger partial charge on any atom is -0.342 e. The maximum absolute atomic E-state index is 12.1. The number of hydrogen-bond acceptors (Lipinski definition) is 4. The van der Waals surface area contributed by atoms with Crippen molar-refractivity contribution in [3.63, 3.8) is 0 Å². The van der Waals surface area contributed by atoms with Gasteiger partial charge in [-0.05, 0) is 26.8 Å². The molecule has 0 aromatic carbocycles. The predicted molar refractivity (Wildman–Crippen MR) is 79.8 cm³/mol. The van der Waals surface area contributed by atoms with E-state index in [0.29, 0.717) is 13.1 Å². The second-order valence-corrected chi connectivity index (χ2v) is 6.49. The van der Waals surface area contributed by atoms with E-state index in [9.17, 15) is 18.0 Å². The van der Waals surface area contributed by atoms with Crippen LogP contribution < -0.4 is 10.3 Å². The topological polar surface area (TPSA) is 99.3 Å². The first kappa shape index (κ1) is 17.7. The van der Waals surface area contributed by atoms with Gasteiger partial charge in [-0.2, -0.15) is 4.72 Å². The van der Waals surface area contributed by atoms with E-state index in [2.05, 4.69) is 9.71 Å². The highest BCUT2D eigenvalue weighted by atomic mass is 35.5. The molecule has 118 valence electrons. The Kier molecular flexibility index (Phi) is 5.94. The molecule has 1 aromatic rings. The first-order chi connectivity index (χ1) is 9.72. The van der Waals surface area contributed by atoms with Crippen molar-refractivity contribution in [2.45, 2.75) is 31.7 Å². The molecule has 0 aliphatic rings. The number of nitrogens with one attached hydrogen (secondary N) is 2. The fourth-order valence-electron chi connectivity index (χ4n) is 1.75. The number of likely N-dealkylation sites (N-methyl/N-ethyl adjacent to an activating group) is 1. The molecule has 0 fully saturated rings. The molecule has 7 nitrogen and oxygen atoms in total. The molecule has 1 rings (SSSR count). The summed E-state index contributed by atoms with van der Waals surface area (Å²) in [7, 11) is -3.95. The number of H-pyrrole nitrogens is 1. The lowest BCUT2D eigenvalue weighted by Gasteiger charge is -2.23. The number of amides is 1. The number of aromatic amines is 1. The number of aromatic nitrogens is 1. The van der Waals surface area contributed by atoms with Crippen molar-refractivity contribution in [1.82, 2.24) is 14.6 Å². The van der Waals surface area contributed by atoms with Gasteiger partial charge >= 0.3 is 0 Å². The second kappa shape index (κ2) is 7.06. The molecule has 1 heterocycles. The van der Waals surface area contributed by atoms with Crippen LogP contribution in [0, 0.1) is 0 Å². The summed E-state index contributed by atoms with van der Waals surface area (Å²) in [5, 5.41) is -0.236. The van der Waals surface area contributed by atoms with Gasteiger partial charge in [-0.1, -0.05) is 11.6 Å². The van der Waals surface area contributed by atoms with Gasteiger partial charge in [0.2, 0.25) is 15.9 Å². The molecular formula is C12H18ClN3O4S. The molecule has 21 heavy (non-hydrogen) atoms. The van der Waals surface area contributed by atoms with E-state index in [1.165, 1.54) is 11.8 Å². The molecule has 0 radical (unpaired) electrons. The van der Waals surface area contributed by atoms with Gasteiger partial charge in [0.1, 0.15) is 5.02 Å². The Hall–Kier alpha value is -1.38. The highest BCUT2D eigenvalue weighted by Crippen LogP contribution is 2.11. The van der Waals surface area contributed by atoms with Gasteiger partial charge in [0.15, 0.2) is 0 Å². The average Bonchev–Trinajstić information content (AvgIpc) is 2.42. The molecule has 0 bridgehead atoms. The SMILES string of the molecule is CCN(CC)C(=O)C(C)NS(=O)(=O)c1c[nH]c(=O)c(Cl)c1. The number of pyridine rings is 1. The van der Waals surface area contributed by atoms with E-state index in [1.807, 2.05) is 13.8 Å². The summed E-state index contributed by atoms with van der Waals surface area (Å²) < 4.78 is 26.6. The number of hydrogen-bond donors (Lipinski definition) is 2. The molecule has 1 unspecified atom stereocenters. The quantitative estimate of drug-likeness (QED) is 0.793. The molecule has 1 aromatic heterocycles. The Morgan fingerprint density at radius 2 is 2.00 bits per heavy atom. The maximum Gasteiger partial charge on any atom is 0.266 e. The zero-order valence-corrected chi connectivity index (χ0v) is 13.6. The number of carbonyl (C=O) groups excluding carboxylic acids is 1. The molecular weight excluding hydrogens is 318 g/mol. The number of sulfonamides is 1. The first-order valence-corrected chi connectivity index (χ1v) is 8.28. The van der Waals surface area contributed by atoms with Gasteiger partial charge in [0, 0.05) is 19.3 Å².